The number of rotatable bonds is 8. The molecular formula is C27H31N3O4. The SMILES string of the molecule is COc1ccc(Oc2cc(NC(C)C(=O)N3CCN(c4ccccc4)CC3)ccc2OC)cc1. The van der Waals surface area contributed by atoms with Gasteiger partial charge in [0, 0.05) is 43.6 Å². The predicted octanol–water partition coefficient (Wildman–Crippen LogP) is 4.65. The lowest BCUT2D eigenvalue weighted by atomic mass is 10.2. The van der Waals surface area contributed by atoms with Gasteiger partial charge in [0.2, 0.25) is 5.91 Å². The van der Waals surface area contributed by atoms with E-state index < -0.39 is 0 Å². The highest BCUT2D eigenvalue weighted by atomic mass is 16.5. The summed E-state index contributed by atoms with van der Waals surface area (Å²) in [4.78, 5) is 17.3. The fourth-order valence-electron chi connectivity index (χ4n) is 4.03. The number of benzene rings is 3. The normalized spacial score (nSPS) is 14.3. The molecular weight excluding hydrogens is 430 g/mol. The molecule has 1 fully saturated rings. The smallest absolute Gasteiger partial charge is 0.244 e. The number of anilines is 2. The molecule has 3 aromatic carbocycles. The van der Waals surface area contributed by atoms with E-state index in [1.54, 1.807) is 14.2 Å². The van der Waals surface area contributed by atoms with Gasteiger partial charge in [-0.3, -0.25) is 4.79 Å². The Balaban J connectivity index is 1.37. The van der Waals surface area contributed by atoms with E-state index in [0.29, 0.717) is 30.3 Å². The molecule has 1 heterocycles. The lowest BCUT2D eigenvalue weighted by molar-refractivity contribution is -0.131. The van der Waals surface area contributed by atoms with Crippen molar-refractivity contribution in [1.82, 2.24) is 4.90 Å². The zero-order valence-electron chi connectivity index (χ0n) is 19.9. The molecule has 1 N–H and O–H groups in total. The average molecular weight is 462 g/mol. The van der Waals surface area contributed by atoms with Crippen molar-refractivity contribution in [2.45, 2.75) is 13.0 Å². The number of amides is 1. The number of carbonyl (C=O) groups excluding carboxylic acids is 1. The summed E-state index contributed by atoms with van der Waals surface area (Å²) in [7, 11) is 3.23. The van der Waals surface area contributed by atoms with E-state index in [4.69, 9.17) is 14.2 Å². The van der Waals surface area contributed by atoms with Crippen LogP contribution < -0.4 is 24.4 Å². The summed E-state index contributed by atoms with van der Waals surface area (Å²) in [6.45, 7) is 4.94. The fraction of sp³-hybridized carbons (Fsp3) is 0.296. The summed E-state index contributed by atoms with van der Waals surface area (Å²) in [6, 6.07) is 22.8. The minimum Gasteiger partial charge on any atom is -0.497 e. The Morgan fingerprint density at radius 1 is 0.824 bits per heavy atom. The maximum absolute atomic E-state index is 13.1. The van der Waals surface area contributed by atoms with Crippen molar-refractivity contribution in [2.75, 3.05) is 50.6 Å². The molecule has 7 heteroatoms. The molecule has 3 aromatic rings. The fourth-order valence-corrected chi connectivity index (χ4v) is 4.03. The van der Waals surface area contributed by atoms with Gasteiger partial charge in [0.1, 0.15) is 17.5 Å². The zero-order valence-corrected chi connectivity index (χ0v) is 19.9. The number of methoxy groups -OCH3 is 2. The predicted molar refractivity (Wildman–Crippen MR) is 134 cm³/mol. The maximum atomic E-state index is 13.1. The average Bonchev–Trinajstić information content (AvgIpc) is 2.89. The highest BCUT2D eigenvalue weighted by molar-refractivity contribution is 5.84. The molecule has 1 amide bonds. The van der Waals surface area contributed by atoms with Gasteiger partial charge < -0.3 is 29.3 Å². The Morgan fingerprint density at radius 3 is 2.15 bits per heavy atom. The molecule has 4 rings (SSSR count). The molecule has 0 radical (unpaired) electrons. The second-order valence-corrected chi connectivity index (χ2v) is 8.16. The van der Waals surface area contributed by atoms with Crippen LogP contribution in [0, 0.1) is 0 Å². The second kappa shape index (κ2) is 10.8. The molecule has 1 aliphatic heterocycles. The van der Waals surface area contributed by atoms with E-state index in [9.17, 15) is 4.79 Å². The highest BCUT2D eigenvalue weighted by Gasteiger charge is 2.25. The first kappa shape index (κ1) is 23.3. The first-order valence-electron chi connectivity index (χ1n) is 11.4. The summed E-state index contributed by atoms with van der Waals surface area (Å²) in [5.41, 5.74) is 1.98. The number of hydrogen-bond acceptors (Lipinski definition) is 6. The summed E-state index contributed by atoms with van der Waals surface area (Å²) >= 11 is 0. The highest BCUT2D eigenvalue weighted by Crippen LogP contribution is 2.34. The van der Waals surface area contributed by atoms with Gasteiger partial charge in [-0.1, -0.05) is 18.2 Å². The molecule has 0 aromatic heterocycles. The summed E-state index contributed by atoms with van der Waals surface area (Å²) < 4.78 is 16.7. The number of piperazine rings is 1. The van der Waals surface area contributed by atoms with E-state index >= 15 is 0 Å². The van der Waals surface area contributed by atoms with E-state index in [1.807, 2.05) is 72.5 Å². The first-order chi connectivity index (χ1) is 16.6. The van der Waals surface area contributed by atoms with Crippen LogP contribution in [0.25, 0.3) is 0 Å². The number of nitrogens with zero attached hydrogens (tertiary/aromatic N) is 2. The van der Waals surface area contributed by atoms with Crippen molar-refractivity contribution in [3.63, 3.8) is 0 Å². The van der Waals surface area contributed by atoms with Gasteiger partial charge in [-0.05, 0) is 55.5 Å². The first-order valence-corrected chi connectivity index (χ1v) is 11.4. The molecule has 7 nitrogen and oxygen atoms in total. The van der Waals surface area contributed by atoms with Crippen LogP contribution in [0.4, 0.5) is 11.4 Å². The van der Waals surface area contributed by atoms with Crippen LogP contribution in [0.2, 0.25) is 0 Å². The van der Waals surface area contributed by atoms with Crippen molar-refractivity contribution in [2.24, 2.45) is 0 Å². The van der Waals surface area contributed by atoms with Crippen LogP contribution in [0.5, 0.6) is 23.0 Å². The summed E-state index contributed by atoms with van der Waals surface area (Å²) in [5, 5.41) is 3.32. The maximum Gasteiger partial charge on any atom is 0.244 e. The van der Waals surface area contributed by atoms with Gasteiger partial charge in [-0.25, -0.2) is 0 Å². The van der Waals surface area contributed by atoms with Crippen molar-refractivity contribution < 1.29 is 19.0 Å². The molecule has 1 unspecified atom stereocenters. The number of para-hydroxylation sites is 1. The van der Waals surface area contributed by atoms with Gasteiger partial charge in [0.05, 0.1) is 14.2 Å². The van der Waals surface area contributed by atoms with Gasteiger partial charge in [0.25, 0.3) is 0 Å². The minimum atomic E-state index is -0.370. The topological polar surface area (TPSA) is 63.3 Å². The minimum absolute atomic E-state index is 0.0844. The molecule has 1 aliphatic rings. The molecule has 0 saturated carbocycles. The molecule has 1 saturated heterocycles. The van der Waals surface area contributed by atoms with Crippen LogP contribution in [0.15, 0.2) is 72.8 Å². The van der Waals surface area contributed by atoms with Crippen LogP contribution in [0.3, 0.4) is 0 Å². The Kier molecular flexibility index (Phi) is 7.42. The summed E-state index contributed by atoms with van der Waals surface area (Å²) in [6.07, 6.45) is 0. The quantitative estimate of drug-likeness (QED) is 0.527. The van der Waals surface area contributed by atoms with E-state index in [1.165, 1.54) is 5.69 Å². The van der Waals surface area contributed by atoms with Gasteiger partial charge in [-0.2, -0.15) is 0 Å². The number of ether oxygens (including phenoxy) is 3. The molecule has 0 bridgehead atoms. The molecule has 34 heavy (non-hydrogen) atoms. The number of nitrogens with one attached hydrogen (secondary N) is 1. The molecule has 0 spiro atoms. The molecule has 178 valence electrons. The van der Waals surface area contributed by atoms with E-state index in [2.05, 4.69) is 22.3 Å². The van der Waals surface area contributed by atoms with Crippen LogP contribution in [-0.4, -0.2) is 57.2 Å². The van der Waals surface area contributed by atoms with Crippen LogP contribution >= 0.6 is 0 Å². The third kappa shape index (κ3) is 5.54. The number of hydrogen-bond donors (Lipinski definition) is 1. The molecule has 1 atom stereocenters. The van der Waals surface area contributed by atoms with Crippen molar-refractivity contribution in [1.29, 1.82) is 0 Å². The van der Waals surface area contributed by atoms with Crippen molar-refractivity contribution in [3.05, 3.63) is 72.8 Å². The third-order valence-corrected chi connectivity index (χ3v) is 5.92. The zero-order chi connectivity index (χ0) is 23.9. The lowest BCUT2D eigenvalue weighted by Crippen LogP contribution is -2.52. The summed E-state index contributed by atoms with van der Waals surface area (Å²) in [5.74, 6) is 2.68. The monoisotopic (exact) mass is 461 g/mol. The number of carbonyl (C=O) groups is 1. The van der Waals surface area contributed by atoms with Crippen LogP contribution in [-0.2, 0) is 4.79 Å². The Hall–Kier alpha value is -3.87. The lowest BCUT2D eigenvalue weighted by Gasteiger charge is -2.37. The van der Waals surface area contributed by atoms with Gasteiger partial charge in [0.15, 0.2) is 11.5 Å². The standard InChI is InChI=1S/C27H31N3O4/c1-20(27(31)30-17-15-29(16-18-30)22-7-5-4-6-8-22)28-21-9-14-25(33-3)26(19-21)34-24-12-10-23(32-2)11-13-24/h4-14,19-20,28H,15-18H2,1-3H3. The van der Waals surface area contributed by atoms with Gasteiger partial charge >= 0.3 is 0 Å². The van der Waals surface area contributed by atoms with E-state index in [-0.39, 0.29) is 11.9 Å². The second-order valence-electron chi connectivity index (χ2n) is 8.16. The Labute approximate surface area is 200 Å². The van der Waals surface area contributed by atoms with Crippen molar-refractivity contribution >= 4 is 17.3 Å². The Bertz CT molecular complexity index is 1080. The Morgan fingerprint density at radius 2 is 1.50 bits per heavy atom. The van der Waals surface area contributed by atoms with Crippen molar-refractivity contribution in [3.8, 4) is 23.0 Å². The van der Waals surface area contributed by atoms with Crippen LogP contribution in [0.1, 0.15) is 6.92 Å². The van der Waals surface area contributed by atoms with Gasteiger partial charge in [-0.15, -0.1) is 0 Å². The van der Waals surface area contributed by atoms with E-state index in [0.717, 1.165) is 24.5 Å². The largest absolute Gasteiger partial charge is 0.497 e. The third-order valence-electron chi connectivity index (χ3n) is 5.92. The molecule has 0 aliphatic carbocycles.